The van der Waals surface area contributed by atoms with Crippen LogP contribution in [0.4, 0.5) is 10.5 Å². The van der Waals surface area contributed by atoms with Gasteiger partial charge in [0.1, 0.15) is 6.26 Å². The molecule has 0 aliphatic carbocycles. The maximum atomic E-state index is 12.4. The van der Waals surface area contributed by atoms with E-state index >= 15 is 0 Å². The maximum absolute atomic E-state index is 12.4. The number of carbonyl (C=O) groups excluding carboxylic acids is 2. The molecule has 1 aromatic carbocycles. The lowest BCUT2D eigenvalue weighted by atomic mass is 10.1. The fourth-order valence-electron chi connectivity index (χ4n) is 2.82. The predicted octanol–water partition coefficient (Wildman–Crippen LogP) is 2.27. The standard InChI is InChI=1S/C18H22N4O4/c1-2-25-18(24)22-9-7-14(8-10-22)20-16(23)15-11-26-17(21-15)12-3-5-13(19)6-4-12/h3-6,11,14H,2,7-10,19H2,1H3,(H,20,23). The summed E-state index contributed by atoms with van der Waals surface area (Å²) < 4.78 is 10.4. The Labute approximate surface area is 151 Å². The number of nitrogens with two attached hydrogens (primary N) is 1. The number of anilines is 1. The van der Waals surface area contributed by atoms with E-state index in [2.05, 4.69) is 10.3 Å². The van der Waals surface area contributed by atoms with Crippen LogP contribution in [-0.2, 0) is 4.74 Å². The highest BCUT2D eigenvalue weighted by atomic mass is 16.6. The summed E-state index contributed by atoms with van der Waals surface area (Å²) in [6.45, 7) is 3.25. The quantitative estimate of drug-likeness (QED) is 0.811. The Morgan fingerprint density at radius 1 is 1.31 bits per heavy atom. The second kappa shape index (κ2) is 7.90. The third kappa shape index (κ3) is 4.14. The zero-order valence-corrected chi connectivity index (χ0v) is 14.6. The molecule has 0 saturated carbocycles. The number of benzene rings is 1. The third-order valence-corrected chi connectivity index (χ3v) is 4.25. The number of nitrogen functional groups attached to an aromatic ring is 1. The van der Waals surface area contributed by atoms with Gasteiger partial charge in [-0.2, -0.15) is 0 Å². The highest BCUT2D eigenvalue weighted by molar-refractivity contribution is 5.92. The predicted molar refractivity (Wildman–Crippen MR) is 95.4 cm³/mol. The number of amides is 2. The molecule has 26 heavy (non-hydrogen) atoms. The Morgan fingerprint density at radius 2 is 2.00 bits per heavy atom. The summed E-state index contributed by atoms with van der Waals surface area (Å²) in [5, 5.41) is 2.94. The van der Waals surface area contributed by atoms with Crippen molar-refractivity contribution in [2.24, 2.45) is 0 Å². The van der Waals surface area contributed by atoms with Crippen molar-refractivity contribution in [2.75, 3.05) is 25.4 Å². The number of likely N-dealkylation sites (tertiary alicyclic amines) is 1. The number of rotatable bonds is 4. The van der Waals surface area contributed by atoms with Crippen LogP contribution >= 0.6 is 0 Å². The minimum atomic E-state index is -0.304. The van der Waals surface area contributed by atoms with E-state index in [0.717, 1.165) is 5.56 Å². The summed E-state index contributed by atoms with van der Waals surface area (Å²) in [7, 11) is 0. The molecule has 0 unspecified atom stereocenters. The summed E-state index contributed by atoms with van der Waals surface area (Å²) in [6.07, 6.45) is 2.39. The molecule has 1 aromatic heterocycles. The molecule has 1 aliphatic heterocycles. The lowest BCUT2D eigenvalue weighted by molar-refractivity contribution is 0.0856. The van der Waals surface area contributed by atoms with E-state index in [1.54, 1.807) is 36.1 Å². The topological polar surface area (TPSA) is 111 Å². The number of nitrogens with zero attached hydrogens (tertiary/aromatic N) is 2. The van der Waals surface area contributed by atoms with Gasteiger partial charge in [0.15, 0.2) is 5.69 Å². The number of hydrogen-bond acceptors (Lipinski definition) is 6. The fraction of sp³-hybridized carbons (Fsp3) is 0.389. The average Bonchev–Trinajstić information content (AvgIpc) is 3.13. The maximum Gasteiger partial charge on any atom is 0.409 e. The zero-order valence-electron chi connectivity index (χ0n) is 14.6. The molecule has 0 atom stereocenters. The molecule has 8 nitrogen and oxygen atoms in total. The Balaban J connectivity index is 1.55. The lowest BCUT2D eigenvalue weighted by Crippen LogP contribution is -2.46. The molecule has 0 bridgehead atoms. The largest absolute Gasteiger partial charge is 0.450 e. The first-order chi connectivity index (χ1) is 12.6. The van der Waals surface area contributed by atoms with Gasteiger partial charge in [-0.05, 0) is 44.0 Å². The number of piperidine rings is 1. The molecule has 1 saturated heterocycles. The van der Waals surface area contributed by atoms with E-state index in [-0.39, 0.29) is 23.7 Å². The number of nitrogens with one attached hydrogen (secondary N) is 1. The van der Waals surface area contributed by atoms with Crippen LogP contribution in [0.3, 0.4) is 0 Å². The van der Waals surface area contributed by atoms with Crippen molar-refractivity contribution in [3.63, 3.8) is 0 Å². The van der Waals surface area contributed by atoms with Crippen LogP contribution in [0.25, 0.3) is 11.5 Å². The number of aromatic nitrogens is 1. The summed E-state index contributed by atoms with van der Waals surface area (Å²) in [5.41, 5.74) is 7.28. The number of hydrogen-bond donors (Lipinski definition) is 2. The van der Waals surface area contributed by atoms with Gasteiger partial charge >= 0.3 is 6.09 Å². The van der Waals surface area contributed by atoms with E-state index in [4.69, 9.17) is 14.9 Å². The summed E-state index contributed by atoms with van der Waals surface area (Å²) in [5.74, 6) is 0.0808. The number of ether oxygens (including phenoxy) is 1. The van der Waals surface area contributed by atoms with Gasteiger partial charge < -0.3 is 25.1 Å². The summed E-state index contributed by atoms with van der Waals surface area (Å²) in [4.78, 5) is 30.0. The van der Waals surface area contributed by atoms with Crippen molar-refractivity contribution in [3.8, 4) is 11.5 Å². The zero-order chi connectivity index (χ0) is 18.5. The molecule has 3 N–H and O–H groups in total. The smallest absolute Gasteiger partial charge is 0.409 e. The molecular weight excluding hydrogens is 336 g/mol. The highest BCUT2D eigenvalue weighted by Crippen LogP contribution is 2.20. The SMILES string of the molecule is CCOC(=O)N1CCC(NC(=O)c2coc(-c3ccc(N)cc3)n2)CC1. The van der Waals surface area contributed by atoms with Gasteiger partial charge in [0.25, 0.3) is 5.91 Å². The van der Waals surface area contributed by atoms with Crippen LogP contribution in [0.2, 0.25) is 0 Å². The van der Waals surface area contributed by atoms with Crippen LogP contribution < -0.4 is 11.1 Å². The van der Waals surface area contributed by atoms with Gasteiger partial charge in [-0.15, -0.1) is 0 Å². The first-order valence-corrected chi connectivity index (χ1v) is 8.61. The minimum absolute atomic E-state index is 0.00940. The van der Waals surface area contributed by atoms with Crippen molar-refractivity contribution in [2.45, 2.75) is 25.8 Å². The van der Waals surface area contributed by atoms with Crippen molar-refractivity contribution < 1.29 is 18.7 Å². The van der Waals surface area contributed by atoms with Gasteiger partial charge in [-0.25, -0.2) is 9.78 Å². The second-order valence-corrected chi connectivity index (χ2v) is 6.09. The van der Waals surface area contributed by atoms with Gasteiger partial charge in [0, 0.05) is 30.4 Å². The summed E-state index contributed by atoms with van der Waals surface area (Å²) in [6, 6.07) is 7.06. The fourth-order valence-corrected chi connectivity index (χ4v) is 2.82. The molecule has 138 valence electrons. The van der Waals surface area contributed by atoms with Crippen molar-refractivity contribution in [1.82, 2.24) is 15.2 Å². The molecule has 0 spiro atoms. The minimum Gasteiger partial charge on any atom is -0.450 e. The van der Waals surface area contributed by atoms with Crippen LogP contribution in [0, 0.1) is 0 Å². The van der Waals surface area contributed by atoms with E-state index in [1.807, 2.05) is 0 Å². The highest BCUT2D eigenvalue weighted by Gasteiger charge is 2.25. The molecule has 2 aromatic rings. The first-order valence-electron chi connectivity index (χ1n) is 8.61. The molecular formula is C18H22N4O4. The number of oxazole rings is 1. The first kappa shape index (κ1) is 17.8. The summed E-state index contributed by atoms with van der Waals surface area (Å²) >= 11 is 0. The van der Waals surface area contributed by atoms with Crippen molar-refractivity contribution >= 4 is 17.7 Å². The van der Waals surface area contributed by atoms with Crippen molar-refractivity contribution in [1.29, 1.82) is 0 Å². The van der Waals surface area contributed by atoms with Gasteiger partial charge in [-0.1, -0.05) is 0 Å². The Kier molecular flexibility index (Phi) is 5.40. The Hall–Kier alpha value is -3.03. The molecule has 2 heterocycles. The van der Waals surface area contributed by atoms with E-state index in [1.165, 1.54) is 6.26 Å². The van der Waals surface area contributed by atoms with Gasteiger partial charge in [0.05, 0.1) is 6.61 Å². The Bertz CT molecular complexity index is 764. The molecule has 0 radical (unpaired) electrons. The van der Waals surface area contributed by atoms with Gasteiger partial charge in [-0.3, -0.25) is 4.79 Å². The molecule has 8 heteroatoms. The second-order valence-electron chi connectivity index (χ2n) is 6.09. The van der Waals surface area contributed by atoms with Crippen LogP contribution in [0.5, 0.6) is 0 Å². The normalized spacial score (nSPS) is 14.9. The molecule has 1 fully saturated rings. The van der Waals surface area contributed by atoms with E-state index < -0.39 is 0 Å². The van der Waals surface area contributed by atoms with E-state index in [0.29, 0.717) is 44.1 Å². The lowest BCUT2D eigenvalue weighted by Gasteiger charge is -2.31. The van der Waals surface area contributed by atoms with Crippen molar-refractivity contribution in [3.05, 3.63) is 36.2 Å². The monoisotopic (exact) mass is 358 g/mol. The van der Waals surface area contributed by atoms with Gasteiger partial charge in [0.2, 0.25) is 5.89 Å². The van der Waals surface area contributed by atoms with Crippen LogP contribution in [-0.4, -0.2) is 47.6 Å². The van der Waals surface area contributed by atoms with E-state index in [9.17, 15) is 9.59 Å². The van der Waals surface area contributed by atoms with Crippen LogP contribution in [0.1, 0.15) is 30.3 Å². The third-order valence-electron chi connectivity index (χ3n) is 4.25. The Morgan fingerprint density at radius 3 is 2.65 bits per heavy atom. The average molecular weight is 358 g/mol. The molecule has 2 amide bonds. The number of carbonyl (C=O) groups is 2. The molecule has 3 rings (SSSR count). The van der Waals surface area contributed by atoms with Crippen LogP contribution in [0.15, 0.2) is 34.9 Å². The molecule has 1 aliphatic rings.